The first-order valence-corrected chi connectivity index (χ1v) is 9.23. The summed E-state index contributed by atoms with van der Waals surface area (Å²) in [5.41, 5.74) is 19.1. The van der Waals surface area contributed by atoms with E-state index in [1.807, 2.05) is 73.1 Å². The van der Waals surface area contributed by atoms with Crippen molar-refractivity contribution in [2.24, 2.45) is 11.5 Å². The summed E-state index contributed by atoms with van der Waals surface area (Å²) in [4.78, 5) is 12.6. The molecule has 2 aromatic carbocycles. The number of hydrogen-bond donors (Lipinski definition) is 6. The van der Waals surface area contributed by atoms with Crippen LogP contribution in [0.5, 0.6) is 0 Å². The van der Waals surface area contributed by atoms with E-state index in [4.69, 9.17) is 17.2 Å². The smallest absolute Gasteiger partial charge is 0.316 e. The summed E-state index contributed by atoms with van der Waals surface area (Å²) in [5, 5.41) is 7.67. The molecule has 2 amide bonds. The molecule has 0 radical (unpaired) electrons. The number of quaternary nitrogens is 1. The lowest BCUT2D eigenvalue weighted by Crippen LogP contribution is -2.72. The molecule has 28 heavy (non-hydrogen) atoms. The highest BCUT2D eigenvalue weighted by atomic mass is 35.5. The lowest BCUT2D eigenvalue weighted by Gasteiger charge is -2.08. The summed E-state index contributed by atoms with van der Waals surface area (Å²) in [6.45, 7) is 0.574. The monoisotopic (exact) mass is 408 g/mol. The highest BCUT2D eigenvalue weighted by Gasteiger charge is 1.97. The topological polar surface area (TPSA) is 139 Å². The predicted molar refractivity (Wildman–Crippen MR) is 119 cm³/mol. The summed E-state index contributed by atoms with van der Waals surface area (Å²) < 4.78 is 0. The molecule has 0 spiro atoms. The number of primary amides is 1. The van der Waals surface area contributed by atoms with Crippen molar-refractivity contribution in [2.75, 3.05) is 43.5 Å². The fourth-order valence-corrected chi connectivity index (χ4v) is 1.81. The Balaban J connectivity index is 0.000000618. The third kappa shape index (κ3) is 11.6. The Kier molecular flexibility index (Phi) is 13.6. The number of urea groups is 1. The fraction of sp³-hybridized carbons (Fsp3) is 0.211. The first kappa shape index (κ1) is 25.1. The summed E-state index contributed by atoms with van der Waals surface area (Å²) in [5.74, 6) is 0. The summed E-state index contributed by atoms with van der Waals surface area (Å²) >= 11 is 4.64. The van der Waals surface area contributed by atoms with Crippen LogP contribution in [0.25, 0.3) is 0 Å². The Hall–Kier alpha value is -2.94. The Morgan fingerprint density at radius 2 is 1.54 bits per heavy atom. The number of rotatable bonds is 6. The van der Waals surface area contributed by atoms with Crippen LogP contribution in [0, 0.1) is 0 Å². The van der Waals surface area contributed by atoms with Gasteiger partial charge < -0.3 is 38.1 Å². The Labute approximate surface area is 171 Å². The number of benzene rings is 2. The van der Waals surface area contributed by atoms with Crippen LogP contribution < -0.4 is 33.2 Å². The van der Waals surface area contributed by atoms with E-state index in [1.165, 1.54) is 6.38 Å². The largest absolute Gasteiger partial charge is 0.399 e. The van der Waals surface area contributed by atoms with Crippen LogP contribution in [0.4, 0.5) is 27.5 Å². The van der Waals surface area contributed by atoms with Crippen molar-refractivity contribution in [1.29, 1.82) is 0 Å². The molecule has 0 saturated carbocycles. The number of amides is 2. The molecule has 9 heteroatoms. The van der Waals surface area contributed by atoms with Crippen molar-refractivity contribution in [1.82, 2.24) is 4.90 Å². The van der Waals surface area contributed by atoms with Crippen molar-refractivity contribution in [3.8, 4) is 0 Å². The van der Waals surface area contributed by atoms with Crippen LogP contribution in [-0.4, -0.2) is 38.1 Å². The Morgan fingerprint density at radius 1 is 1.07 bits per heavy atom. The van der Waals surface area contributed by atoms with Crippen molar-refractivity contribution in [3.63, 3.8) is 0 Å². The highest BCUT2D eigenvalue weighted by Crippen LogP contribution is 2.19. The van der Waals surface area contributed by atoms with E-state index in [-0.39, 0.29) is 0 Å². The van der Waals surface area contributed by atoms with Crippen LogP contribution in [-0.2, 0) is 0 Å². The van der Waals surface area contributed by atoms with E-state index in [9.17, 15) is 4.79 Å². The van der Waals surface area contributed by atoms with Gasteiger partial charge in [0.15, 0.2) is 0 Å². The van der Waals surface area contributed by atoms with Gasteiger partial charge in [-0.25, -0.2) is 4.79 Å². The van der Waals surface area contributed by atoms with Crippen molar-refractivity contribution in [3.05, 3.63) is 60.9 Å². The van der Waals surface area contributed by atoms with E-state index >= 15 is 0 Å². The molecule has 0 heterocycles. The molecule has 0 unspecified atom stereocenters. The minimum atomic E-state index is -0.575. The van der Waals surface area contributed by atoms with Gasteiger partial charge in [0.1, 0.15) is 6.20 Å². The normalized spacial score (nSPS) is 9.46. The third-order valence-corrected chi connectivity index (χ3v) is 3.17. The molecule has 0 fully saturated rings. The van der Waals surface area contributed by atoms with E-state index in [2.05, 4.69) is 22.2 Å². The molecule has 0 bridgehead atoms. The maximum Gasteiger partial charge on any atom is 0.316 e. The zero-order valence-corrected chi connectivity index (χ0v) is 17.3. The van der Waals surface area contributed by atoms with Gasteiger partial charge in [-0.1, -0.05) is 0 Å². The molecule has 2 rings (SSSR count). The Bertz CT molecular complexity index is 690. The Morgan fingerprint density at radius 3 is 1.96 bits per heavy atom. The molecule has 0 saturated heterocycles. The van der Waals surface area contributed by atoms with Crippen molar-refractivity contribution < 1.29 is 10.1 Å². The number of carbonyl (C=O) groups excluding carboxylic acids is 1. The van der Waals surface area contributed by atoms with Gasteiger partial charge in [-0.15, -0.1) is 11.6 Å². The van der Waals surface area contributed by atoms with Gasteiger partial charge in [0.25, 0.3) is 0 Å². The number of nitrogens with two attached hydrogens (primary N) is 4. The predicted octanol–water partition coefficient (Wildman–Crippen LogP) is 1.86. The zero-order valence-electron chi connectivity index (χ0n) is 16.5. The molecule has 154 valence electrons. The van der Waals surface area contributed by atoms with Gasteiger partial charge in [0, 0.05) is 36.2 Å². The van der Waals surface area contributed by atoms with E-state index in [1.54, 1.807) is 12.1 Å². The second kappa shape index (κ2) is 15.2. The van der Waals surface area contributed by atoms with Gasteiger partial charge in [0.05, 0.1) is 19.9 Å². The number of carbonyl (C=O) groups is 1. The highest BCUT2D eigenvalue weighted by molar-refractivity contribution is 6.15. The van der Waals surface area contributed by atoms with Crippen LogP contribution in [0.1, 0.15) is 0 Å². The number of alkyl halides is 1. The third-order valence-electron chi connectivity index (χ3n) is 3.17. The summed E-state index contributed by atoms with van der Waals surface area (Å²) in [6.07, 6.45) is 5.35. The number of hydrogen-bond acceptors (Lipinski definition) is 5. The standard InChI is InChI=1S/C13H14N4O.C5H13N3.CH3Cl/c14-9-1-3-10(4-2-9)16-11-5-7-12(8-6-11)17-13(15)18;1-7-3-4-8(2)5-6;1-2/h1-8,16H,14H2,(H3,15,17,18);3-4,7H,5-6H2,1-2H3;1H3/p+1/b;4-3-;. The molecule has 0 atom stereocenters. The van der Waals surface area contributed by atoms with Gasteiger partial charge in [0.2, 0.25) is 0 Å². The molecule has 8 nitrogen and oxygen atoms in total. The van der Waals surface area contributed by atoms with Gasteiger partial charge in [-0.2, -0.15) is 0 Å². The van der Waals surface area contributed by atoms with E-state index in [0.717, 1.165) is 17.1 Å². The second-order valence-electron chi connectivity index (χ2n) is 5.43. The van der Waals surface area contributed by atoms with E-state index in [0.29, 0.717) is 12.4 Å². The molecule has 0 aliphatic carbocycles. The van der Waals surface area contributed by atoms with Crippen LogP contribution in [0.15, 0.2) is 60.9 Å². The first-order valence-electron chi connectivity index (χ1n) is 8.48. The van der Waals surface area contributed by atoms with Gasteiger partial charge in [-0.05, 0) is 48.5 Å². The maximum atomic E-state index is 10.7. The summed E-state index contributed by atoms with van der Waals surface area (Å²) in [7, 11) is 3.90. The molecular weight excluding hydrogens is 378 g/mol. The van der Waals surface area contributed by atoms with E-state index < -0.39 is 6.03 Å². The van der Waals surface area contributed by atoms with Crippen LogP contribution >= 0.6 is 11.6 Å². The molecule has 2 aromatic rings. The fourth-order valence-electron chi connectivity index (χ4n) is 1.81. The lowest BCUT2D eigenvalue weighted by atomic mass is 10.2. The SMILES string of the molecule is CCl.C[NH2+]/C=C\N(C)CN.NC(=O)Nc1ccc(Nc2ccc(N)cc2)cc1. The number of nitrogens with zero attached hydrogens (tertiary/aromatic N) is 1. The number of nitrogens with one attached hydrogen (secondary N) is 2. The average molecular weight is 409 g/mol. The molecule has 0 aliphatic rings. The van der Waals surface area contributed by atoms with Crippen molar-refractivity contribution >= 4 is 40.4 Å². The summed E-state index contributed by atoms with van der Waals surface area (Å²) in [6, 6.07) is 14.1. The number of nitrogen functional groups attached to an aromatic ring is 1. The van der Waals surface area contributed by atoms with Crippen LogP contribution in [0.3, 0.4) is 0 Å². The lowest BCUT2D eigenvalue weighted by molar-refractivity contribution is -0.557. The number of anilines is 4. The molecule has 10 N–H and O–H groups in total. The minimum Gasteiger partial charge on any atom is -0.399 e. The quantitative estimate of drug-likeness (QED) is 0.246. The molecule has 0 aromatic heterocycles. The maximum absolute atomic E-state index is 10.7. The minimum absolute atomic E-state index is 0.574. The van der Waals surface area contributed by atoms with Crippen molar-refractivity contribution in [2.45, 2.75) is 0 Å². The van der Waals surface area contributed by atoms with Gasteiger partial charge in [-0.3, -0.25) is 0 Å². The first-order chi connectivity index (χ1) is 13.4. The average Bonchev–Trinajstić information content (AvgIpc) is 2.71. The molecule has 0 aliphatic heterocycles. The molecular formula is C19H31ClN7O+. The second-order valence-corrected chi connectivity index (χ2v) is 5.43. The van der Waals surface area contributed by atoms with Crippen LogP contribution in [0.2, 0.25) is 0 Å². The van der Waals surface area contributed by atoms with Gasteiger partial charge >= 0.3 is 6.03 Å². The number of halogens is 1. The zero-order chi connectivity index (χ0) is 21.4.